The zero-order valence-corrected chi connectivity index (χ0v) is 16.4. The SMILES string of the molecule is O=C(O)CCNC(=O)c1ccc2c(c1)[C@H]1C=CC[C@@H]1[C@H](c1cccc(C(F)(F)F)c1)N2. The maximum atomic E-state index is 13.2. The number of anilines is 1. The molecule has 0 radical (unpaired) electrons. The largest absolute Gasteiger partial charge is 0.481 e. The quantitative estimate of drug-likeness (QED) is 0.599. The van der Waals surface area contributed by atoms with E-state index in [0.717, 1.165) is 17.3 Å². The normalized spacial score (nSPS) is 21.7. The molecule has 3 N–H and O–H groups in total. The molecule has 1 amide bonds. The van der Waals surface area contributed by atoms with Gasteiger partial charge in [-0.15, -0.1) is 0 Å². The lowest BCUT2D eigenvalue weighted by Gasteiger charge is -2.38. The Morgan fingerprint density at radius 1 is 1.16 bits per heavy atom. The van der Waals surface area contributed by atoms with Crippen LogP contribution in [-0.4, -0.2) is 23.5 Å². The summed E-state index contributed by atoms with van der Waals surface area (Å²) in [6.45, 7) is 0.0348. The van der Waals surface area contributed by atoms with Crippen molar-refractivity contribution in [2.45, 2.75) is 31.0 Å². The molecule has 0 saturated carbocycles. The molecule has 1 aliphatic carbocycles. The number of carboxylic acids is 1. The van der Waals surface area contributed by atoms with Crippen molar-refractivity contribution < 1.29 is 27.9 Å². The Morgan fingerprint density at radius 2 is 1.97 bits per heavy atom. The Hall–Kier alpha value is -3.29. The maximum Gasteiger partial charge on any atom is 0.416 e. The number of aliphatic carboxylic acids is 1. The summed E-state index contributed by atoms with van der Waals surface area (Å²) < 4.78 is 39.6. The molecule has 0 aromatic heterocycles. The number of hydrogen-bond donors (Lipinski definition) is 3. The van der Waals surface area contributed by atoms with E-state index in [4.69, 9.17) is 5.11 Å². The highest BCUT2D eigenvalue weighted by molar-refractivity contribution is 5.95. The van der Waals surface area contributed by atoms with Crippen LogP contribution in [0.25, 0.3) is 0 Å². The average Bonchev–Trinajstić information content (AvgIpc) is 3.22. The zero-order valence-electron chi connectivity index (χ0n) is 16.4. The van der Waals surface area contributed by atoms with Gasteiger partial charge in [0.1, 0.15) is 0 Å². The van der Waals surface area contributed by atoms with E-state index in [2.05, 4.69) is 10.6 Å². The van der Waals surface area contributed by atoms with E-state index in [9.17, 15) is 22.8 Å². The standard InChI is InChI=1S/C23H21F3N2O3/c24-23(25,26)15-4-1-3-13(11-15)21-17-6-2-5-16(17)18-12-14(7-8-19(18)28-21)22(31)27-10-9-20(29)30/h1-5,7-8,11-12,16-17,21,28H,6,9-10H2,(H,27,31)(H,29,30)/t16-,17-,21-/m0/s1. The van der Waals surface area contributed by atoms with Gasteiger partial charge in [-0.25, -0.2) is 0 Å². The third-order valence-corrected chi connectivity index (χ3v) is 5.82. The maximum absolute atomic E-state index is 13.2. The number of fused-ring (bicyclic) bond motifs is 3. The Morgan fingerprint density at radius 3 is 2.71 bits per heavy atom. The molecule has 0 saturated heterocycles. The number of nitrogens with one attached hydrogen (secondary N) is 2. The Kier molecular flexibility index (Phi) is 5.47. The molecule has 1 heterocycles. The number of carboxylic acid groups (broad SMARTS) is 1. The lowest BCUT2D eigenvalue weighted by atomic mass is 9.76. The zero-order chi connectivity index (χ0) is 22.2. The number of rotatable bonds is 5. The number of allylic oxidation sites excluding steroid dienone is 2. The summed E-state index contributed by atoms with van der Waals surface area (Å²) in [5.41, 5.74) is 2.01. The van der Waals surface area contributed by atoms with Crippen LogP contribution < -0.4 is 10.6 Å². The van der Waals surface area contributed by atoms with E-state index < -0.39 is 17.7 Å². The van der Waals surface area contributed by atoms with Crippen molar-refractivity contribution in [3.8, 4) is 0 Å². The second-order valence-electron chi connectivity index (χ2n) is 7.80. The lowest BCUT2D eigenvalue weighted by molar-refractivity contribution is -0.138. The molecule has 5 nitrogen and oxygen atoms in total. The van der Waals surface area contributed by atoms with Crippen molar-refractivity contribution >= 4 is 17.6 Å². The molecule has 1 aliphatic heterocycles. The van der Waals surface area contributed by atoms with Crippen molar-refractivity contribution in [3.05, 3.63) is 76.9 Å². The summed E-state index contributed by atoms with van der Waals surface area (Å²) in [6, 6.07) is 10.3. The van der Waals surface area contributed by atoms with Crippen LogP contribution in [0.2, 0.25) is 0 Å². The summed E-state index contributed by atoms with van der Waals surface area (Å²) in [7, 11) is 0. The topological polar surface area (TPSA) is 78.4 Å². The number of amides is 1. The summed E-state index contributed by atoms with van der Waals surface area (Å²) in [4.78, 5) is 23.0. The lowest BCUT2D eigenvalue weighted by Crippen LogP contribution is -2.30. The summed E-state index contributed by atoms with van der Waals surface area (Å²) in [5, 5.41) is 14.7. The monoisotopic (exact) mass is 430 g/mol. The van der Waals surface area contributed by atoms with Crippen LogP contribution in [0.1, 0.15) is 51.8 Å². The van der Waals surface area contributed by atoms with Crippen molar-refractivity contribution in [1.29, 1.82) is 0 Å². The number of hydrogen-bond acceptors (Lipinski definition) is 3. The predicted molar refractivity (Wildman–Crippen MR) is 109 cm³/mol. The molecule has 2 aliphatic rings. The number of carbonyl (C=O) groups excluding carboxylic acids is 1. The number of alkyl halides is 3. The van der Waals surface area contributed by atoms with Crippen LogP contribution in [0.15, 0.2) is 54.6 Å². The second kappa shape index (κ2) is 8.09. The van der Waals surface area contributed by atoms with Gasteiger partial charge in [-0.3, -0.25) is 9.59 Å². The smallest absolute Gasteiger partial charge is 0.416 e. The molecule has 162 valence electrons. The van der Waals surface area contributed by atoms with E-state index in [1.165, 1.54) is 12.1 Å². The second-order valence-corrected chi connectivity index (χ2v) is 7.80. The van der Waals surface area contributed by atoms with Gasteiger partial charge in [0.15, 0.2) is 0 Å². The fourth-order valence-electron chi connectivity index (χ4n) is 4.36. The average molecular weight is 430 g/mol. The van der Waals surface area contributed by atoms with Crippen molar-refractivity contribution in [3.63, 3.8) is 0 Å². The Labute approximate surface area is 177 Å². The highest BCUT2D eigenvalue weighted by Gasteiger charge is 2.39. The van der Waals surface area contributed by atoms with E-state index >= 15 is 0 Å². The molecule has 0 fully saturated rings. The van der Waals surface area contributed by atoms with Gasteiger partial charge in [0.05, 0.1) is 18.0 Å². The highest BCUT2D eigenvalue weighted by atomic mass is 19.4. The molecule has 0 bridgehead atoms. The van der Waals surface area contributed by atoms with Gasteiger partial charge in [0, 0.05) is 23.7 Å². The first-order valence-corrected chi connectivity index (χ1v) is 9.98. The van der Waals surface area contributed by atoms with Crippen molar-refractivity contribution in [1.82, 2.24) is 5.32 Å². The highest BCUT2D eigenvalue weighted by Crippen LogP contribution is 2.50. The van der Waals surface area contributed by atoms with Crippen LogP contribution in [0.5, 0.6) is 0 Å². The molecular weight excluding hydrogens is 409 g/mol. The minimum atomic E-state index is -4.40. The Balaban J connectivity index is 1.61. The molecule has 31 heavy (non-hydrogen) atoms. The fraction of sp³-hybridized carbons (Fsp3) is 0.304. The van der Waals surface area contributed by atoms with Gasteiger partial charge in [0.2, 0.25) is 0 Å². The van der Waals surface area contributed by atoms with Gasteiger partial charge in [-0.2, -0.15) is 13.2 Å². The minimum absolute atomic E-state index is 0.0254. The van der Waals surface area contributed by atoms with Gasteiger partial charge in [-0.1, -0.05) is 24.3 Å². The van der Waals surface area contributed by atoms with Crippen molar-refractivity contribution in [2.75, 3.05) is 11.9 Å². The van der Waals surface area contributed by atoms with Crippen molar-refractivity contribution in [2.24, 2.45) is 5.92 Å². The van der Waals surface area contributed by atoms with Gasteiger partial charge < -0.3 is 15.7 Å². The minimum Gasteiger partial charge on any atom is -0.481 e. The molecule has 3 atom stereocenters. The van der Waals surface area contributed by atoms with E-state index in [0.29, 0.717) is 17.5 Å². The van der Waals surface area contributed by atoms with Crippen LogP contribution in [0, 0.1) is 5.92 Å². The first kappa shape index (κ1) is 21.0. The number of halogens is 3. The van der Waals surface area contributed by atoms with Crippen LogP contribution in [-0.2, 0) is 11.0 Å². The molecule has 0 unspecified atom stereocenters. The summed E-state index contributed by atoms with van der Waals surface area (Å²) in [6.07, 6.45) is 0.208. The number of carbonyl (C=O) groups is 2. The molecular formula is C23H21F3N2O3. The van der Waals surface area contributed by atoms with Gasteiger partial charge in [0.25, 0.3) is 5.91 Å². The van der Waals surface area contributed by atoms with Crippen LogP contribution in [0.3, 0.4) is 0 Å². The fourth-order valence-corrected chi connectivity index (χ4v) is 4.36. The molecule has 0 spiro atoms. The molecule has 4 rings (SSSR count). The van der Waals surface area contributed by atoms with Gasteiger partial charge >= 0.3 is 12.1 Å². The molecule has 8 heteroatoms. The molecule has 2 aromatic carbocycles. The third-order valence-electron chi connectivity index (χ3n) is 5.82. The molecule has 2 aromatic rings. The van der Waals surface area contributed by atoms with E-state index in [1.54, 1.807) is 24.3 Å². The first-order valence-electron chi connectivity index (χ1n) is 9.98. The predicted octanol–water partition coefficient (Wildman–Crippen LogP) is 4.74. The van der Waals surface area contributed by atoms with Gasteiger partial charge in [-0.05, 0) is 53.8 Å². The van der Waals surface area contributed by atoms with Crippen LogP contribution in [0.4, 0.5) is 18.9 Å². The van der Waals surface area contributed by atoms with E-state index in [1.807, 2.05) is 12.2 Å². The first-order chi connectivity index (χ1) is 14.7. The van der Waals surface area contributed by atoms with Crippen LogP contribution >= 0.6 is 0 Å². The Bertz CT molecular complexity index is 1050. The number of benzene rings is 2. The van der Waals surface area contributed by atoms with E-state index in [-0.39, 0.29) is 36.8 Å². The summed E-state index contributed by atoms with van der Waals surface area (Å²) in [5.74, 6) is -1.35. The summed E-state index contributed by atoms with van der Waals surface area (Å²) >= 11 is 0. The third kappa shape index (κ3) is 4.28.